The lowest BCUT2D eigenvalue weighted by Crippen LogP contribution is -2.10. The number of carbonyl (C=O) groups excluding carboxylic acids is 2. The highest BCUT2D eigenvalue weighted by Crippen LogP contribution is 2.52. The minimum atomic E-state index is -0.861. The number of hydrogen-bond acceptors (Lipinski definition) is 11. The Hall–Kier alpha value is -6.36. The first-order valence-corrected chi connectivity index (χ1v) is 12.7. The van der Waals surface area contributed by atoms with Gasteiger partial charge in [0.05, 0.1) is 21.9 Å². The molecule has 0 radical (unpaired) electrons. The van der Waals surface area contributed by atoms with E-state index < -0.39 is 34.9 Å². The summed E-state index contributed by atoms with van der Waals surface area (Å²) in [6, 6.07) is 18.0. The van der Waals surface area contributed by atoms with Crippen molar-refractivity contribution < 1.29 is 53.4 Å². The van der Waals surface area contributed by atoms with E-state index in [9.17, 15) is 35.1 Å². The molecule has 0 aliphatic carbocycles. The van der Waals surface area contributed by atoms with Gasteiger partial charge in [-0.05, 0) is 48.5 Å². The monoisotopic (exact) mass is 578 g/mol. The third-order valence-electron chi connectivity index (χ3n) is 6.94. The molecule has 11 nitrogen and oxygen atoms in total. The molecule has 0 unspecified atom stereocenters. The number of phenolic OH excluding ortho intramolecular Hbond substituents is 5. The van der Waals surface area contributed by atoms with Crippen LogP contribution >= 0.6 is 0 Å². The maximum absolute atomic E-state index is 13.3. The van der Waals surface area contributed by atoms with Crippen LogP contribution in [-0.2, 0) is 0 Å². The van der Waals surface area contributed by atoms with Crippen molar-refractivity contribution in [2.75, 3.05) is 0 Å². The first-order valence-electron chi connectivity index (χ1n) is 12.7. The zero-order valence-corrected chi connectivity index (χ0v) is 21.7. The summed E-state index contributed by atoms with van der Waals surface area (Å²) in [6.45, 7) is 0. The van der Waals surface area contributed by atoms with E-state index >= 15 is 0 Å². The summed E-state index contributed by atoms with van der Waals surface area (Å²) < 4.78 is 23.8. The molecule has 0 amide bonds. The molecule has 0 saturated carbocycles. The standard InChI is InChI=1S/C32H18O11/c33-16-8-6-15(7-9-16)32(39)43-30-26-18-11-20(35)22(37)13-24(18)40-27(26)29(42-31(38)14-4-2-1-3-5-14)25-17-10-19(34)21(36)12-23(17)41-28(25)30/h1-13,33-37H. The predicted octanol–water partition coefficient (Wildman–Crippen LogP) is 6.45. The minimum Gasteiger partial charge on any atom is -0.508 e. The minimum absolute atomic E-state index is 0.0432. The molecular weight excluding hydrogens is 560 g/mol. The molecule has 0 aliphatic heterocycles. The number of phenols is 5. The molecule has 7 aromatic rings. The number of esters is 2. The van der Waals surface area contributed by atoms with Crippen molar-refractivity contribution >= 4 is 55.8 Å². The van der Waals surface area contributed by atoms with Crippen LogP contribution in [0.5, 0.6) is 40.2 Å². The van der Waals surface area contributed by atoms with Crippen molar-refractivity contribution in [2.45, 2.75) is 0 Å². The number of rotatable bonds is 4. The van der Waals surface area contributed by atoms with Crippen LogP contribution in [0.15, 0.2) is 87.7 Å². The quantitative estimate of drug-likeness (QED) is 0.0879. The summed E-state index contributed by atoms with van der Waals surface area (Å²) in [7, 11) is 0. The summed E-state index contributed by atoms with van der Waals surface area (Å²) in [5.41, 5.74) is 0.124. The number of ether oxygens (including phenoxy) is 2. The van der Waals surface area contributed by atoms with Crippen LogP contribution in [0.4, 0.5) is 0 Å². The zero-order valence-electron chi connectivity index (χ0n) is 21.7. The highest BCUT2D eigenvalue weighted by atomic mass is 16.6. The summed E-state index contributed by atoms with van der Waals surface area (Å²) in [5, 5.41) is 51.1. The first-order chi connectivity index (χ1) is 20.7. The second-order valence-corrected chi connectivity index (χ2v) is 9.64. The normalized spacial score (nSPS) is 11.4. The van der Waals surface area contributed by atoms with Gasteiger partial charge in [-0.3, -0.25) is 0 Å². The van der Waals surface area contributed by atoms with E-state index in [1.165, 1.54) is 48.5 Å². The Labute approximate surface area is 239 Å². The molecule has 0 saturated heterocycles. The summed E-state index contributed by atoms with van der Waals surface area (Å²) in [5.74, 6) is -4.09. The van der Waals surface area contributed by atoms with Crippen molar-refractivity contribution in [3.63, 3.8) is 0 Å². The number of hydrogen-bond donors (Lipinski definition) is 5. The Morgan fingerprint density at radius 2 is 0.953 bits per heavy atom. The summed E-state index contributed by atoms with van der Waals surface area (Å²) in [4.78, 5) is 26.6. The van der Waals surface area contributed by atoms with Gasteiger partial charge >= 0.3 is 11.9 Å². The lowest BCUT2D eigenvalue weighted by Gasteiger charge is -2.11. The average Bonchev–Trinajstić information content (AvgIpc) is 3.54. The molecule has 7 rings (SSSR count). The summed E-state index contributed by atoms with van der Waals surface area (Å²) >= 11 is 0. The lowest BCUT2D eigenvalue weighted by molar-refractivity contribution is 0.0724. The van der Waals surface area contributed by atoms with E-state index in [1.54, 1.807) is 18.2 Å². The molecular formula is C32H18O11. The molecule has 2 heterocycles. The maximum atomic E-state index is 13.3. The van der Waals surface area contributed by atoms with Crippen LogP contribution in [0, 0.1) is 0 Å². The number of furan rings is 2. The Bertz CT molecular complexity index is 2250. The highest BCUT2D eigenvalue weighted by Gasteiger charge is 2.31. The van der Waals surface area contributed by atoms with Crippen LogP contribution < -0.4 is 9.47 Å². The van der Waals surface area contributed by atoms with Gasteiger partial charge in [-0.15, -0.1) is 0 Å². The SMILES string of the molecule is O=C(Oc1c2oc3cc(O)c(O)cc3c2c(OC(=O)c2ccc(O)cc2)c2oc3cc(O)c(O)cc3c12)c1ccccc1. The fraction of sp³-hybridized carbons (Fsp3) is 0. The van der Waals surface area contributed by atoms with Crippen LogP contribution in [0.3, 0.4) is 0 Å². The van der Waals surface area contributed by atoms with Gasteiger partial charge in [-0.1, -0.05) is 18.2 Å². The van der Waals surface area contributed by atoms with Crippen LogP contribution in [0.2, 0.25) is 0 Å². The third-order valence-corrected chi connectivity index (χ3v) is 6.94. The van der Waals surface area contributed by atoms with Crippen molar-refractivity contribution in [3.05, 3.63) is 90.0 Å². The van der Waals surface area contributed by atoms with Crippen molar-refractivity contribution in [1.29, 1.82) is 0 Å². The molecule has 5 aromatic carbocycles. The van der Waals surface area contributed by atoms with Crippen molar-refractivity contribution in [2.24, 2.45) is 0 Å². The third kappa shape index (κ3) is 4.06. The van der Waals surface area contributed by atoms with Crippen LogP contribution in [0.25, 0.3) is 43.9 Å². The maximum Gasteiger partial charge on any atom is 0.343 e. The molecule has 0 spiro atoms. The molecule has 0 atom stereocenters. The van der Waals surface area contributed by atoms with E-state index in [0.717, 1.165) is 12.1 Å². The number of benzene rings is 5. The van der Waals surface area contributed by atoms with E-state index in [2.05, 4.69) is 0 Å². The zero-order chi connectivity index (χ0) is 30.0. The largest absolute Gasteiger partial charge is 0.508 e. The van der Waals surface area contributed by atoms with Gasteiger partial charge in [0.1, 0.15) is 16.9 Å². The molecule has 5 N–H and O–H groups in total. The number of fused-ring (bicyclic) bond motifs is 6. The Morgan fingerprint density at radius 1 is 0.535 bits per heavy atom. The Balaban J connectivity index is 1.59. The fourth-order valence-electron chi connectivity index (χ4n) is 4.91. The van der Waals surface area contributed by atoms with E-state index in [1.807, 2.05) is 0 Å². The van der Waals surface area contributed by atoms with Gasteiger partial charge < -0.3 is 43.8 Å². The lowest BCUT2D eigenvalue weighted by atomic mass is 10.0. The van der Waals surface area contributed by atoms with Gasteiger partial charge in [-0.2, -0.15) is 0 Å². The van der Waals surface area contributed by atoms with E-state index in [4.69, 9.17) is 18.3 Å². The van der Waals surface area contributed by atoms with Crippen LogP contribution in [0.1, 0.15) is 20.7 Å². The number of aromatic hydroxyl groups is 5. The molecule has 43 heavy (non-hydrogen) atoms. The second kappa shape index (κ2) is 9.35. The molecule has 11 heteroatoms. The highest BCUT2D eigenvalue weighted by molar-refractivity contribution is 6.24. The predicted molar refractivity (Wildman–Crippen MR) is 152 cm³/mol. The second-order valence-electron chi connectivity index (χ2n) is 9.64. The topological polar surface area (TPSA) is 180 Å². The first kappa shape index (κ1) is 25.6. The van der Waals surface area contributed by atoms with Crippen molar-refractivity contribution in [3.8, 4) is 40.2 Å². The smallest absolute Gasteiger partial charge is 0.343 e. The fourth-order valence-corrected chi connectivity index (χ4v) is 4.91. The Kier molecular flexibility index (Phi) is 5.56. The average molecular weight is 578 g/mol. The van der Waals surface area contributed by atoms with Gasteiger partial charge in [0.2, 0.25) is 0 Å². The van der Waals surface area contributed by atoms with Crippen molar-refractivity contribution in [1.82, 2.24) is 0 Å². The molecule has 0 bridgehead atoms. The molecule has 0 fully saturated rings. The van der Waals surface area contributed by atoms with Gasteiger partial charge in [0.15, 0.2) is 45.7 Å². The van der Waals surface area contributed by atoms with Crippen LogP contribution in [-0.4, -0.2) is 37.5 Å². The summed E-state index contributed by atoms with van der Waals surface area (Å²) in [6.07, 6.45) is 0. The van der Waals surface area contributed by atoms with Gasteiger partial charge in [0.25, 0.3) is 0 Å². The Morgan fingerprint density at radius 3 is 1.42 bits per heavy atom. The van der Waals surface area contributed by atoms with Gasteiger partial charge in [0, 0.05) is 22.9 Å². The van der Waals surface area contributed by atoms with Gasteiger partial charge in [-0.25, -0.2) is 9.59 Å². The van der Waals surface area contributed by atoms with E-state index in [0.29, 0.717) is 0 Å². The molecule has 212 valence electrons. The number of carbonyl (C=O) groups is 2. The van der Waals surface area contributed by atoms with E-state index in [-0.39, 0.29) is 72.3 Å². The molecule has 0 aliphatic rings. The molecule has 2 aromatic heterocycles.